The van der Waals surface area contributed by atoms with Gasteiger partial charge in [-0.3, -0.25) is 14.6 Å². The lowest BCUT2D eigenvalue weighted by atomic mass is 9.98. The number of morpholine rings is 1. The van der Waals surface area contributed by atoms with Gasteiger partial charge in [-0.25, -0.2) is 0 Å². The number of carbonyl (C=O) groups excluding carboxylic acids is 1. The van der Waals surface area contributed by atoms with Crippen molar-refractivity contribution in [2.45, 2.75) is 57.9 Å². The van der Waals surface area contributed by atoms with E-state index in [0.29, 0.717) is 60.6 Å². The summed E-state index contributed by atoms with van der Waals surface area (Å²) in [5.41, 5.74) is 2.89. The minimum Gasteiger partial charge on any atom is -0.378 e. The van der Waals surface area contributed by atoms with Crippen molar-refractivity contribution in [1.82, 2.24) is 9.97 Å². The first kappa shape index (κ1) is 33.9. The fourth-order valence-corrected chi connectivity index (χ4v) is 5.62. The monoisotopic (exact) mass is 650 g/mol. The van der Waals surface area contributed by atoms with E-state index in [0.717, 1.165) is 18.7 Å². The number of aromatic amines is 1. The van der Waals surface area contributed by atoms with E-state index in [1.807, 2.05) is 11.0 Å². The van der Waals surface area contributed by atoms with Gasteiger partial charge in [0.05, 0.1) is 43.4 Å². The lowest BCUT2D eigenvalue weighted by molar-refractivity contribution is -0.137. The van der Waals surface area contributed by atoms with Crippen LogP contribution in [0.1, 0.15) is 60.7 Å². The molecule has 0 bridgehead atoms. The van der Waals surface area contributed by atoms with Crippen LogP contribution < -0.4 is 15.8 Å². The third-order valence-corrected chi connectivity index (χ3v) is 8.22. The second-order valence-electron chi connectivity index (χ2n) is 11.6. The van der Waals surface area contributed by atoms with Gasteiger partial charge in [-0.15, -0.1) is 0 Å². The van der Waals surface area contributed by atoms with E-state index in [1.54, 1.807) is 25.3 Å². The highest BCUT2D eigenvalue weighted by molar-refractivity contribution is 6.04. The van der Waals surface area contributed by atoms with Gasteiger partial charge in [0.25, 0.3) is 11.5 Å². The third-order valence-electron chi connectivity index (χ3n) is 8.22. The molecule has 2 aromatic heterocycles. The molecule has 0 atom stereocenters. The molecule has 1 saturated heterocycles. The normalized spacial score (nSPS) is 15.4. The molecule has 0 spiro atoms. The topological polar surface area (TPSA) is 96.5 Å². The summed E-state index contributed by atoms with van der Waals surface area (Å²) in [6.07, 6.45) is 5.57. The number of hydrogen-bond acceptors (Lipinski definition) is 6. The highest BCUT2D eigenvalue weighted by atomic mass is 19.4. The van der Waals surface area contributed by atoms with Crippen LogP contribution in [0.5, 0.6) is 0 Å². The average molecular weight is 651 g/mol. The van der Waals surface area contributed by atoms with Crippen molar-refractivity contribution < 1.29 is 28.9 Å². The Morgan fingerprint density at radius 1 is 1.04 bits per heavy atom. The van der Waals surface area contributed by atoms with Crippen LogP contribution in [0.25, 0.3) is 11.1 Å². The maximum Gasteiger partial charge on any atom is 0.416 e. The van der Waals surface area contributed by atoms with E-state index in [9.17, 15) is 22.8 Å². The van der Waals surface area contributed by atoms with Crippen LogP contribution in [0, 0.1) is 6.92 Å². The molecule has 6 rings (SSSR count). The number of benzene rings is 2. The molecule has 2 N–H and O–H groups in total. The Hall–Kier alpha value is -4.48. The number of anilines is 2. The maximum absolute atomic E-state index is 13.0. The molecule has 1 aliphatic heterocycles. The minimum absolute atomic E-state index is 0. The van der Waals surface area contributed by atoms with Gasteiger partial charge in [-0.1, -0.05) is 55.7 Å². The van der Waals surface area contributed by atoms with Crippen LogP contribution in [-0.2, 0) is 22.3 Å². The number of carbonyl (C=O) groups is 1. The van der Waals surface area contributed by atoms with Crippen molar-refractivity contribution in [1.29, 1.82) is 0 Å². The first-order chi connectivity index (χ1) is 22.7. The SMILES string of the molecule is Cc1ncc(NC(=O)c2cccc(C(F)(F)F)c2)cc1-c1c[nH]c(=O)c(N2CCOCC2)c1.[HH].c1ccc(COC2CCCCC2)cc1. The summed E-state index contributed by atoms with van der Waals surface area (Å²) in [7, 11) is 0. The van der Waals surface area contributed by atoms with Crippen molar-refractivity contribution in [2.24, 2.45) is 0 Å². The summed E-state index contributed by atoms with van der Waals surface area (Å²) in [6.45, 7) is 4.81. The van der Waals surface area contributed by atoms with Crippen molar-refractivity contribution in [2.75, 3.05) is 36.5 Å². The number of alkyl halides is 3. The van der Waals surface area contributed by atoms with Crippen molar-refractivity contribution in [3.63, 3.8) is 0 Å². The van der Waals surface area contributed by atoms with Crippen LogP contribution >= 0.6 is 0 Å². The molecule has 1 amide bonds. The molecule has 47 heavy (non-hydrogen) atoms. The molecule has 2 fully saturated rings. The summed E-state index contributed by atoms with van der Waals surface area (Å²) in [4.78, 5) is 33.9. The van der Waals surface area contributed by atoms with E-state index in [1.165, 1.54) is 56.0 Å². The van der Waals surface area contributed by atoms with Crippen LogP contribution in [0.4, 0.5) is 24.5 Å². The number of aryl methyl sites for hydroxylation is 1. The lowest BCUT2D eigenvalue weighted by Gasteiger charge is -2.28. The number of hydrogen-bond donors (Lipinski definition) is 2. The van der Waals surface area contributed by atoms with E-state index >= 15 is 0 Å². The summed E-state index contributed by atoms with van der Waals surface area (Å²) in [5, 5.41) is 2.60. The zero-order valence-corrected chi connectivity index (χ0v) is 26.3. The molecule has 1 aliphatic carbocycles. The number of nitrogens with one attached hydrogen (secondary N) is 2. The number of H-pyrrole nitrogens is 1. The molecule has 0 unspecified atom stereocenters. The predicted molar refractivity (Wildman–Crippen MR) is 178 cm³/mol. The summed E-state index contributed by atoms with van der Waals surface area (Å²) in [5.74, 6) is -0.687. The fraction of sp³-hybridized carbons (Fsp3) is 0.361. The van der Waals surface area contributed by atoms with Crippen molar-refractivity contribution in [3.8, 4) is 11.1 Å². The van der Waals surface area contributed by atoms with E-state index in [2.05, 4.69) is 39.6 Å². The highest BCUT2D eigenvalue weighted by Crippen LogP contribution is 2.30. The second-order valence-corrected chi connectivity index (χ2v) is 11.6. The predicted octanol–water partition coefficient (Wildman–Crippen LogP) is 7.63. The number of ether oxygens (including phenoxy) is 2. The minimum atomic E-state index is -4.54. The Bertz CT molecular complexity index is 1690. The fourth-order valence-electron chi connectivity index (χ4n) is 5.62. The van der Waals surface area contributed by atoms with Gasteiger partial charge in [-0.05, 0) is 55.7 Å². The van der Waals surface area contributed by atoms with Gasteiger partial charge in [0.2, 0.25) is 0 Å². The Balaban J connectivity index is 0.000000290. The Morgan fingerprint density at radius 3 is 2.51 bits per heavy atom. The molecule has 2 aliphatic rings. The molecular formula is C36H41F3N4O4. The van der Waals surface area contributed by atoms with Gasteiger partial charge in [-0.2, -0.15) is 13.2 Å². The first-order valence-electron chi connectivity index (χ1n) is 15.8. The third kappa shape index (κ3) is 9.52. The lowest BCUT2D eigenvalue weighted by Crippen LogP contribution is -2.39. The average Bonchev–Trinajstić information content (AvgIpc) is 3.10. The Morgan fingerprint density at radius 2 is 1.79 bits per heavy atom. The molecule has 250 valence electrons. The van der Waals surface area contributed by atoms with Crippen LogP contribution in [0.3, 0.4) is 0 Å². The van der Waals surface area contributed by atoms with E-state index < -0.39 is 17.6 Å². The summed E-state index contributed by atoms with van der Waals surface area (Å²) < 4.78 is 50.1. The highest BCUT2D eigenvalue weighted by Gasteiger charge is 2.31. The Labute approximate surface area is 273 Å². The summed E-state index contributed by atoms with van der Waals surface area (Å²) in [6, 6.07) is 18.1. The van der Waals surface area contributed by atoms with E-state index in [-0.39, 0.29) is 12.5 Å². The largest absolute Gasteiger partial charge is 0.416 e. The van der Waals surface area contributed by atoms with Gasteiger partial charge < -0.3 is 24.7 Å². The number of aromatic nitrogens is 2. The second kappa shape index (κ2) is 15.9. The van der Waals surface area contributed by atoms with Crippen molar-refractivity contribution in [3.05, 3.63) is 112 Å². The molecule has 1 saturated carbocycles. The molecule has 0 radical (unpaired) electrons. The molecular weight excluding hydrogens is 609 g/mol. The van der Waals surface area contributed by atoms with Gasteiger partial charge >= 0.3 is 6.18 Å². The van der Waals surface area contributed by atoms with Crippen LogP contribution in [0.15, 0.2) is 83.9 Å². The number of rotatable bonds is 7. The quantitative estimate of drug-likeness (QED) is 0.214. The molecule has 3 heterocycles. The van der Waals surface area contributed by atoms with E-state index in [4.69, 9.17) is 9.47 Å². The zero-order chi connectivity index (χ0) is 33.2. The van der Waals surface area contributed by atoms with Crippen LogP contribution in [-0.4, -0.2) is 48.3 Å². The Kier molecular flexibility index (Phi) is 11.4. The van der Waals surface area contributed by atoms with Crippen LogP contribution in [0.2, 0.25) is 0 Å². The number of halogens is 3. The van der Waals surface area contributed by atoms with Gasteiger partial charge in [0, 0.05) is 43.1 Å². The molecule has 11 heteroatoms. The number of pyridine rings is 2. The van der Waals surface area contributed by atoms with Crippen molar-refractivity contribution >= 4 is 17.3 Å². The smallest absolute Gasteiger partial charge is 0.378 e. The maximum atomic E-state index is 13.0. The molecule has 4 aromatic rings. The first-order valence-corrected chi connectivity index (χ1v) is 15.8. The summed E-state index contributed by atoms with van der Waals surface area (Å²) >= 11 is 0. The van der Waals surface area contributed by atoms with Gasteiger partial charge in [0.15, 0.2) is 0 Å². The zero-order valence-electron chi connectivity index (χ0n) is 26.3. The molecule has 8 nitrogen and oxygen atoms in total. The number of nitrogens with zero attached hydrogens (tertiary/aromatic N) is 2. The number of amides is 1. The molecule has 2 aromatic carbocycles. The standard InChI is InChI=1S/C23H21F3N4O3.C13H18O.H2/c1-14-19(16-10-20(22(32)28-12-16)30-5-7-33-8-6-30)11-18(13-27-14)29-21(31)15-3-2-4-17(9-15)23(24,25)26;1-3-7-12(8-4-1)11-14-13-9-5-2-6-10-13;/h2-4,9-13H,5-8H2,1H3,(H,28,32)(H,29,31);1,3-4,7-8,13H,2,5-6,9-11H2;1H. The van der Waals surface area contributed by atoms with Gasteiger partial charge in [0.1, 0.15) is 5.69 Å².